The monoisotopic (exact) mass is 517 g/mol. The highest BCUT2D eigenvalue weighted by atomic mass is 32.1. The fraction of sp³-hybridized carbons (Fsp3) is 0.0645. The number of benzene rings is 4. The zero-order valence-electron chi connectivity index (χ0n) is 20.8. The predicted octanol–water partition coefficient (Wildman–Crippen LogP) is 6.26. The first-order valence-electron chi connectivity index (χ1n) is 12.1. The molecule has 0 radical (unpaired) electrons. The third-order valence-electron chi connectivity index (χ3n) is 6.70. The number of ether oxygens (including phenoxy) is 1. The average molecular weight is 518 g/mol. The fourth-order valence-corrected chi connectivity index (χ4v) is 5.28. The number of hydrogen-bond acceptors (Lipinski definition) is 4. The molecule has 1 fully saturated rings. The van der Waals surface area contributed by atoms with Gasteiger partial charge in [-0.25, -0.2) is 0 Å². The van der Waals surface area contributed by atoms with Crippen LogP contribution in [0.15, 0.2) is 96.6 Å². The molecule has 0 spiro atoms. The van der Waals surface area contributed by atoms with Gasteiger partial charge in [-0.3, -0.25) is 19.8 Å². The number of aromatic nitrogens is 1. The first-order chi connectivity index (χ1) is 18.4. The van der Waals surface area contributed by atoms with E-state index >= 15 is 0 Å². The second kappa shape index (κ2) is 9.28. The molecule has 2 amide bonds. The number of amides is 2. The lowest BCUT2D eigenvalue weighted by molar-refractivity contribution is -0.122. The van der Waals surface area contributed by atoms with Crippen molar-refractivity contribution in [2.24, 2.45) is 7.05 Å². The summed E-state index contributed by atoms with van der Waals surface area (Å²) >= 11 is 5.37. The molecule has 1 aromatic heterocycles. The van der Waals surface area contributed by atoms with E-state index in [-0.39, 0.29) is 10.7 Å². The lowest BCUT2D eigenvalue weighted by atomic mass is 10.0. The molecule has 38 heavy (non-hydrogen) atoms. The summed E-state index contributed by atoms with van der Waals surface area (Å²) in [6, 6.07) is 28.6. The molecule has 1 N–H and O–H groups in total. The molecule has 0 unspecified atom stereocenters. The molecule has 0 saturated carbocycles. The van der Waals surface area contributed by atoms with Gasteiger partial charge in [0.05, 0.1) is 11.2 Å². The second-order valence-corrected chi connectivity index (χ2v) is 9.56. The van der Waals surface area contributed by atoms with E-state index in [0.29, 0.717) is 17.2 Å². The van der Waals surface area contributed by atoms with Crippen LogP contribution >= 0.6 is 12.2 Å². The highest BCUT2D eigenvalue weighted by molar-refractivity contribution is 7.80. The molecule has 6 nitrogen and oxygen atoms in total. The number of aryl methyl sites for hydroxylation is 2. The van der Waals surface area contributed by atoms with Gasteiger partial charge in [0.25, 0.3) is 11.8 Å². The first kappa shape index (κ1) is 23.6. The largest absolute Gasteiger partial charge is 0.457 e. The molecule has 6 rings (SSSR count). The minimum absolute atomic E-state index is 0.0159. The molecule has 5 aromatic rings. The molecule has 1 saturated heterocycles. The summed E-state index contributed by atoms with van der Waals surface area (Å²) in [5.74, 6) is 0.330. The van der Waals surface area contributed by atoms with Crippen molar-refractivity contribution in [2.45, 2.75) is 6.92 Å². The third-order valence-corrected chi connectivity index (χ3v) is 6.98. The van der Waals surface area contributed by atoms with Crippen LogP contribution in [0.2, 0.25) is 0 Å². The van der Waals surface area contributed by atoms with Gasteiger partial charge in [0.1, 0.15) is 17.1 Å². The molecule has 0 aliphatic carbocycles. The Labute approximate surface area is 224 Å². The van der Waals surface area contributed by atoms with E-state index in [2.05, 4.69) is 22.0 Å². The second-order valence-electron chi connectivity index (χ2n) is 9.18. The number of thiocarbonyl (C=S) groups is 1. The summed E-state index contributed by atoms with van der Waals surface area (Å²) in [5, 5.41) is 4.89. The zero-order valence-corrected chi connectivity index (χ0v) is 21.6. The van der Waals surface area contributed by atoms with Crippen molar-refractivity contribution in [3.8, 4) is 11.5 Å². The zero-order chi connectivity index (χ0) is 26.4. The molecular formula is C31H23N3O3S. The summed E-state index contributed by atoms with van der Waals surface area (Å²) in [7, 11) is 2.04. The van der Waals surface area contributed by atoms with Crippen molar-refractivity contribution < 1.29 is 14.3 Å². The van der Waals surface area contributed by atoms with Crippen LogP contribution in [-0.4, -0.2) is 21.5 Å². The van der Waals surface area contributed by atoms with E-state index in [1.807, 2.05) is 68.6 Å². The molecule has 1 aliphatic rings. The molecule has 0 bridgehead atoms. The molecule has 0 atom stereocenters. The number of carbonyl (C=O) groups excluding carboxylic acids is 2. The predicted molar refractivity (Wildman–Crippen MR) is 154 cm³/mol. The molecule has 2 heterocycles. The highest BCUT2D eigenvalue weighted by Gasteiger charge is 2.34. The summed E-state index contributed by atoms with van der Waals surface area (Å²) < 4.78 is 8.02. The number of nitrogens with one attached hydrogen (secondary N) is 1. The Bertz CT molecular complexity index is 1790. The minimum Gasteiger partial charge on any atom is -0.457 e. The van der Waals surface area contributed by atoms with E-state index in [1.165, 1.54) is 4.90 Å². The van der Waals surface area contributed by atoms with Crippen molar-refractivity contribution in [1.82, 2.24) is 9.88 Å². The Kier molecular flexibility index (Phi) is 5.77. The quantitative estimate of drug-likeness (QED) is 0.174. The normalized spacial score (nSPS) is 14.9. The maximum Gasteiger partial charge on any atom is 0.270 e. The molecule has 7 heteroatoms. The molecule has 1 aliphatic heterocycles. The maximum absolute atomic E-state index is 13.6. The van der Waals surface area contributed by atoms with Crippen LogP contribution < -0.4 is 15.0 Å². The van der Waals surface area contributed by atoms with Crippen LogP contribution in [0.3, 0.4) is 0 Å². The van der Waals surface area contributed by atoms with Gasteiger partial charge in [-0.15, -0.1) is 0 Å². The summed E-state index contributed by atoms with van der Waals surface area (Å²) in [6.07, 6.45) is 1.63. The Morgan fingerprint density at radius 3 is 2.29 bits per heavy atom. The third kappa shape index (κ3) is 4.03. The SMILES string of the molecule is Cc1cc(C=C2C(=O)NC(=S)N(c3ccc(Oc4ccccc4)cc3)C2=O)cc2c3ccccc3n(C)c12. The molecule has 186 valence electrons. The lowest BCUT2D eigenvalue weighted by Gasteiger charge is -2.29. The number of nitrogens with zero attached hydrogens (tertiary/aromatic N) is 2. The standard InChI is InChI=1S/C31H23N3O3S/c1-19-16-20(17-25-24-10-6-7-11-27(24)33(2)28(19)25)18-26-29(35)32-31(38)34(30(26)36)21-12-14-23(15-13-21)37-22-8-4-3-5-9-22/h3-18H,1-2H3,(H,32,35,38). The van der Waals surface area contributed by atoms with Gasteiger partial charge < -0.3 is 9.30 Å². The van der Waals surface area contributed by atoms with Gasteiger partial charge in [0.2, 0.25) is 0 Å². The van der Waals surface area contributed by atoms with Crippen molar-refractivity contribution in [3.63, 3.8) is 0 Å². The summed E-state index contributed by atoms with van der Waals surface area (Å²) in [6.45, 7) is 2.03. The highest BCUT2D eigenvalue weighted by Crippen LogP contribution is 2.32. The van der Waals surface area contributed by atoms with E-state index in [0.717, 1.165) is 32.9 Å². The fourth-order valence-electron chi connectivity index (χ4n) is 5.00. The topological polar surface area (TPSA) is 63.6 Å². The van der Waals surface area contributed by atoms with Gasteiger partial charge >= 0.3 is 0 Å². The van der Waals surface area contributed by atoms with Crippen molar-refractivity contribution >= 4 is 62.7 Å². The Morgan fingerprint density at radius 2 is 1.53 bits per heavy atom. The van der Waals surface area contributed by atoms with Crippen molar-refractivity contribution in [2.75, 3.05) is 4.90 Å². The Balaban J connectivity index is 1.35. The van der Waals surface area contributed by atoms with Crippen molar-refractivity contribution in [3.05, 3.63) is 108 Å². The van der Waals surface area contributed by atoms with Gasteiger partial charge in [-0.1, -0.05) is 36.4 Å². The van der Waals surface area contributed by atoms with Gasteiger partial charge in [-0.2, -0.15) is 0 Å². The smallest absolute Gasteiger partial charge is 0.270 e. The minimum atomic E-state index is -0.518. The Hall–Kier alpha value is -4.75. The van der Waals surface area contributed by atoms with Crippen LogP contribution in [-0.2, 0) is 16.6 Å². The van der Waals surface area contributed by atoms with Crippen LogP contribution in [0.5, 0.6) is 11.5 Å². The number of rotatable bonds is 4. The van der Waals surface area contributed by atoms with Crippen LogP contribution in [0.25, 0.3) is 27.9 Å². The number of anilines is 1. The Morgan fingerprint density at radius 1 is 0.842 bits per heavy atom. The van der Waals surface area contributed by atoms with E-state index in [1.54, 1.807) is 30.3 Å². The lowest BCUT2D eigenvalue weighted by Crippen LogP contribution is -2.54. The van der Waals surface area contributed by atoms with Gasteiger partial charge in [0, 0.05) is 23.3 Å². The van der Waals surface area contributed by atoms with Crippen LogP contribution in [0, 0.1) is 6.92 Å². The number of para-hydroxylation sites is 2. The number of fused-ring (bicyclic) bond motifs is 3. The first-order valence-corrected chi connectivity index (χ1v) is 12.5. The van der Waals surface area contributed by atoms with Gasteiger partial charge in [-0.05, 0) is 90.9 Å². The van der Waals surface area contributed by atoms with Crippen LogP contribution in [0.4, 0.5) is 5.69 Å². The van der Waals surface area contributed by atoms with E-state index in [4.69, 9.17) is 17.0 Å². The van der Waals surface area contributed by atoms with Crippen LogP contribution in [0.1, 0.15) is 11.1 Å². The summed E-state index contributed by atoms with van der Waals surface area (Å²) in [4.78, 5) is 27.8. The van der Waals surface area contributed by atoms with E-state index in [9.17, 15) is 9.59 Å². The van der Waals surface area contributed by atoms with Crippen molar-refractivity contribution in [1.29, 1.82) is 0 Å². The summed E-state index contributed by atoms with van der Waals surface area (Å²) in [5.41, 5.74) is 4.61. The average Bonchev–Trinajstić information content (AvgIpc) is 3.20. The maximum atomic E-state index is 13.6. The number of hydrogen-bond donors (Lipinski definition) is 1. The van der Waals surface area contributed by atoms with E-state index < -0.39 is 11.8 Å². The number of carbonyl (C=O) groups is 2. The molecular weight excluding hydrogens is 494 g/mol. The molecule has 4 aromatic carbocycles. The van der Waals surface area contributed by atoms with Gasteiger partial charge in [0.15, 0.2) is 5.11 Å².